The molecular weight excluding hydrogens is 271 g/mol. The number of hydrogen-bond donors (Lipinski definition) is 2. The van der Waals surface area contributed by atoms with Gasteiger partial charge < -0.3 is 15.6 Å². The number of H-pyrrole nitrogens is 1. The molecule has 0 bridgehead atoms. The van der Waals surface area contributed by atoms with Crippen LogP contribution in [0.1, 0.15) is 16.9 Å². The van der Waals surface area contributed by atoms with Crippen molar-refractivity contribution < 1.29 is 18.0 Å². The molecule has 0 unspecified atom stereocenters. The number of alkyl halides is 3. The molecule has 0 radical (unpaired) electrons. The van der Waals surface area contributed by atoms with Gasteiger partial charge >= 0.3 is 6.18 Å². The summed E-state index contributed by atoms with van der Waals surface area (Å²) in [6.45, 7) is -0.375. The monoisotopic (exact) mass is 285 g/mol. The molecule has 108 valence electrons. The number of amides is 1. The second kappa shape index (κ2) is 5.07. The summed E-state index contributed by atoms with van der Waals surface area (Å²) in [5.41, 5.74) is 7.15. The normalized spacial score (nSPS) is 11.8. The molecule has 1 aromatic carbocycles. The van der Waals surface area contributed by atoms with Gasteiger partial charge in [0.25, 0.3) is 5.91 Å². The minimum absolute atomic E-state index is 0.246. The minimum Gasteiger partial charge on any atom is -0.399 e. The summed E-state index contributed by atoms with van der Waals surface area (Å²) in [4.78, 5) is 15.9. The Morgan fingerprint density at radius 2 is 2.05 bits per heavy atom. The summed E-state index contributed by atoms with van der Waals surface area (Å²) in [5, 5.41) is 0.748. The lowest BCUT2D eigenvalue weighted by molar-refractivity contribution is -0.136. The van der Waals surface area contributed by atoms with E-state index in [-0.39, 0.29) is 12.2 Å². The predicted molar refractivity (Wildman–Crippen MR) is 70.3 cm³/mol. The van der Waals surface area contributed by atoms with Gasteiger partial charge in [-0.15, -0.1) is 0 Å². The molecule has 3 N–H and O–H groups in total. The van der Waals surface area contributed by atoms with Crippen LogP contribution < -0.4 is 5.73 Å². The Hall–Kier alpha value is -2.18. The molecule has 0 fully saturated rings. The van der Waals surface area contributed by atoms with Gasteiger partial charge in [0.05, 0.1) is 6.42 Å². The quantitative estimate of drug-likeness (QED) is 0.852. The van der Waals surface area contributed by atoms with Gasteiger partial charge in [-0.3, -0.25) is 4.79 Å². The average molecular weight is 285 g/mol. The van der Waals surface area contributed by atoms with Crippen LogP contribution in [0.15, 0.2) is 24.3 Å². The lowest BCUT2D eigenvalue weighted by Crippen LogP contribution is -2.30. The Balaban J connectivity index is 2.14. The van der Waals surface area contributed by atoms with Crippen LogP contribution in [0.4, 0.5) is 18.9 Å². The van der Waals surface area contributed by atoms with E-state index in [0.717, 1.165) is 10.3 Å². The largest absolute Gasteiger partial charge is 0.399 e. The molecule has 0 aliphatic rings. The van der Waals surface area contributed by atoms with Crippen molar-refractivity contribution in [2.75, 3.05) is 19.3 Å². The molecule has 0 saturated carbocycles. The zero-order chi connectivity index (χ0) is 14.9. The van der Waals surface area contributed by atoms with Crippen LogP contribution in [-0.2, 0) is 0 Å². The van der Waals surface area contributed by atoms with E-state index in [1.807, 2.05) is 0 Å². The smallest absolute Gasteiger partial charge is 0.390 e. The van der Waals surface area contributed by atoms with Crippen LogP contribution >= 0.6 is 0 Å². The number of hydrogen-bond acceptors (Lipinski definition) is 2. The summed E-state index contributed by atoms with van der Waals surface area (Å²) in [6.07, 6.45) is -5.30. The first-order valence-corrected chi connectivity index (χ1v) is 5.97. The van der Waals surface area contributed by atoms with E-state index >= 15 is 0 Å². The molecule has 0 spiro atoms. The molecule has 2 aromatic rings. The second-order valence-corrected chi connectivity index (χ2v) is 4.62. The molecule has 0 aliphatic carbocycles. The molecule has 0 saturated heterocycles. The fourth-order valence-electron chi connectivity index (χ4n) is 1.87. The van der Waals surface area contributed by atoms with Gasteiger partial charge in [0, 0.05) is 30.2 Å². The van der Waals surface area contributed by atoms with Gasteiger partial charge in [0.2, 0.25) is 0 Å². The molecule has 1 aromatic heterocycles. The van der Waals surface area contributed by atoms with Gasteiger partial charge in [-0.05, 0) is 24.3 Å². The Morgan fingerprint density at radius 3 is 2.70 bits per heavy atom. The number of nitrogens with zero attached hydrogens (tertiary/aromatic N) is 1. The van der Waals surface area contributed by atoms with E-state index in [0.29, 0.717) is 11.2 Å². The van der Waals surface area contributed by atoms with Crippen LogP contribution in [0.5, 0.6) is 0 Å². The number of fused-ring (bicyclic) bond motifs is 1. The minimum atomic E-state index is -4.27. The first-order valence-electron chi connectivity index (χ1n) is 5.97. The highest BCUT2D eigenvalue weighted by molar-refractivity contribution is 5.98. The van der Waals surface area contributed by atoms with Gasteiger partial charge in [-0.2, -0.15) is 13.2 Å². The lowest BCUT2D eigenvalue weighted by Gasteiger charge is -2.17. The third kappa shape index (κ3) is 3.23. The molecule has 2 rings (SSSR count). The molecule has 0 atom stereocenters. The number of carbonyl (C=O) groups excluding carboxylic acids is 1. The van der Waals surface area contributed by atoms with Gasteiger partial charge in [-0.1, -0.05) is 0 Å². The first kappa shape index (κ1) is 14.2. The number of nitrogens with one attached hydrogen (secondary N) is 1. The van der Waals surface area contributed by atoms with Crippen LogP contribution in [-0.4, -0.2) is 35.6 Å². The number of halogens is 3. The van der Waals surface area contributed by atoms with E-state index in [1.54, 1.807) is 24.3 Å². The third-order valence-corrected chi connectivity index (χ3v) is 2.95. The molecule has 1 heterocycles. The fourth-order valence-corrected chi connectivity index (χ4v) is 1.87. The summed E-state index contributed by atoms with van der Waals surface area (Å²) in [7, 11) is 1.34. The van der Waals surface area contributed by atoms with Crippen LogP contribution in [0.25, 0.3) is 10.9 Å². The highest BCUT2D eigenvalue weighted by Gasteiger charge is 2.28. The number of aromatic amines is 1. The molecule has 4 nitrogen and oxygen atoms in total. The Labute approximate surface area is 113 Å². The number of carbonyl (C=O) groups is 1. The predicted octanol–water partition coefficient (Wildman–Crippen LogP) is 2.77. The van der Waals surface area contributed by atoms with Crippen molar-refractivity contribution in [1.29, 1.82) is 0 Å². The van der Waals surface area contributed by atoms with Crippen LogP contribution in [0.2, 0.25) is 0 Å². The topological polar surface area (TPSA) is 62.1 Å². The molecule has 1 amide bonds. The average Bonchev–Trinajstić information content (AvgIpc) is 2.76. The van der Waals surface area contributed by atoms with Gasteiger partial charge in [0.1, 0.15) is 5.69 Å². The Kier molecular flexibility index (Phi) is 3.61. The van der Waals surface area contributed by atoms with Gasteiger partial charge in [0.15, 0.2) is 0 Å². The molecule has 20 heavy (non-hydrogen) atoms. The third-order valence-electron chi connectivity index (χ3n) is 2.95. The number of aromatic nitrogens is 1. The van der Waals surface area contributed by atoms with E-state index in [9.17, 15) is 18.0 Å². The fraction of sp³-hybridized carbons (Fsp3) is 0.308. The van der Waals surface area contributed by atoms with Crippen molar-refractivity contribution in [3.63, 3.8) is 0 Å². The van der Waals surface area contributed by atoms with E-state index in [4.69, 9.17) is 5.73 Å². The maximum absolute atomic E-state index is 12.1. The van der Waals surface area contributed by atoms with E-state index in [2.05, 4.69) is 4.98 Å². The van der Waals surface area contributed by atoms with Crippen LogP contribution in [0.3, 0.4) is 0 Å². The Morgan fingerprint density at radius 1 is 1.35 bits per heavy atom. The van der Waals surface area contributed by atoms with Crippen molar-refractivity contribution in [2.24, 2.45) is 0 Å². The second-order valence-electron chi connectivity index (χ2n) is 4.62. The SMILES string of the molecule is CN(CCC(F)(F)F)C(=O)c1cc2cc(N)ccc2[nH]1. The highest BCUT2D eigenvalue weighted by atomic mass is 19.4. The maximum Gasteiger partial charge on any atom is 0.390 e. The number of rotatable bonds is 3. The van der Waals surface area contributed by atoms with Crippen molar-refractivity contribution in [3.8, 4) is 0 Å². The summed E-state index contributed by atoms with van der Waals surface area (Å²) in [6, 6.07) is 6.67. The zero-order valence-electron chi connectivity index (χ0n) is 10.8. The summed E-state index contributed by atoms with van der Waals surface area (Å²) in [5.74, 6) is -0.482. The summed E-state index contributed by atoms with van der Waals surface area (Å²) < 4.78 is 36.4. The number of anilines is 1. The highest BCUT2D eigenvalue weighted by Crippen LogP contribution is 2.21. The van der Waals surface area contributed by atoms with E-state index < -0.39 is 18.5 Å². The van der Waals surface area contributed by atoms with Crippen molar-refractivity contribution >= 4 is 22.5 Å². The molecule has 0 aliphatic heterocycles. The standard InChI is InChI=1S/C13H14F3N3O/c1-19(5-4-13(14,15)16)12(20)11-7-8-6-9(17)2-3-10(8)18-11/h2-3,6-7,18H,4-5,17H2,1H3. The van der Waals surface area contributed by atoms with Crippen LogP contribution in [0, 0.1) is 0 Å². The number of nitrogen functional groups attached to an aromatic ring is 1. The van der Waals surface area contributed by atoms with Crippen molar-refractivity contribution in [1.82, 2.24) is 9.88 Å². The van der Waals surface area contributed by atoms with Gasteiger partial charge in [-0.25, -0.2) is 0 Å². The summed E-state index contributed by atoms with van der Waals surface area (Å²) >= 11 is 0. The van der Waals surface area contributed by atoms with Crippen molar-refractivity contribution in [3.05, 3.63) is 30.0 Å². The number of benzene rings is 1. The first-order chi connectivity index (χ1) is 9.26. The van der Waals surface area contributed by atoms with E-state index in [1.165, 1.54) is 7.05 Å². The molecular formula is C13H14F3N3O. The maximum atomic E-state index is 12.1. The number of nitrogens with two attached hydrogens (primary N) is 1. The molecule has 7 heteroatoms. The lowest BCUT2D eigenvalue weighted by atomic mass is 10.2. The van der Waals surface area contributed by atoms with Crippen molar-refractivity contribution in [2.45, 2.75) is 12.6 Å². The zero-order valence-corrected chi connectivity index (χ0v) is 10.8. The Bertz CT molecular complexity index is 633.